The van der Waals surface area contributed by atoms with E-state index in [1.807, 2.05) is 30.3 Å². The molecule has 0 radical (unpaired) electrons. The first-order chi connectivity index (χ1) is 12.5. The van der Waals surface area contributed by atoms with E-state index >= 15 is 0 Å². The number of anilines is 1. The Morgan fingerprint density at radius 2 is 1.73 bits per heavy atom. The van der Waals surface area contributed by atoms with Gasteiger partial charge in [-0.25, -0.2) is 0 Å². The van der Waals surface area contributed by atoms with Crippen LogP contribution in [0.5, 0.6) is 0 Å². The second kappa shape index (κ2) is 8.50. The third-order valence-electron chi connectivity index (χ3n) is 5.45. The van der Waals surface area contributed by atoms with Crippen LogP contribution in [0.1, 0.15) is 56.7 Å². The Kier molecular flexibility index (Phi) is 6.10. The maximum atomic E-state index is 13.2. The lowest BCUT2D eigenvalue weighted by Gasteiger charge is -2.33. The molecule has 0 aromatic heterocycles. The smallest absolute Gasteiger partial charge is 0.287 e. The maximum Gasteiger partial charge on any atom is 0.287 e. The zero-order valence-corrected chi connectivity index (χ0v) is 16.2. The van der Waals surface area contributed by atoms with Gasteiger partial charge < -0.3 is 10.2 Å². The number of quaternary nitrogens is 1. The standard InChI is InChI=1S/C23H30N2O/c1-17(2)19-11-13-21(14-12-19)24-23(26)22(20-9-5-4-6-10-20)25-15-7-8-18(3)16-25/h4-6,9-14,17-18,22H,7-8,15-16H2,1-3H3,(H,24,26)/p+1. The van der Waals surface area contributed by atoms with Gasteiger partial charge in [-0.05, 0) is 36.5 Å². The molecule has 3 atom stereocenters. The van der Waals surface area contributed by atoms with Crippen molar-refractivity contribution < 1.29 is 9.69 Å². The fourth-order valence-corrected chi connectivity index (χ4v) is 3.98. The molecule has 1 amide bonds. The molecule has 2 aromatic rings. The van der Waals surface area contributed by atoms with Gasteiger partial charge in [0.15, 0.2) is 6.04 Å². The van der Waals surface area contributed by atoms with Crippen molar-refractivity contribution in [3.05, 3.63) is 65.7 Å². The molecule has 1 heterocycles. The molecular weight excluding hydrogens is 320 g/mol. The van der Waals surface area contributed by atoms with Crippen LogP contribution in [0.3, 0.4) is 0 Å². The molecule has 1 aliphatic rings. The summed E-state index contributed by atoms with van der Waals surface area (Å²) in [5.41, 5.74) is 3.27. The van der Waals surface area contributed by atoms with Crippen LogP contribution in [0.2, 0.25) is 0 Å². The summed E-state index contributed by atoms with van der Waals surface area (Å²) in [5.74, 6) is 1.26. The number of benzene rings is 2. The molecule has 1 fully saturated rings. The number of hydrogen-bond acceptors (Lipinski definition) is 1. The van der Waals surface area contributed by atoms with Crippen molar-refractivity contribution in [2.45, 2.75) is 45.6 Å². The molecule has 0 bridgehead atoms. The van der Waals surface area contributed by atoms with E-state index in [-0.39, 0.29) is 11.9 Å². The molecule has 3 heteroatoms. The van der Waals surface area contributed by atoms with E-state index in [4.69, 9.17) is 0 Å². The lowest BCUT2D eigenvalue weighted by molar-refractivity contribution is -0.929. The highest BCUT2D eigenvalue weighted by molar-refractivity contribution is 5.94. The van der Waals surface area contributed by atoms with Crippen LogP contribution in [0.15, 0.2) is 54.6 Å². The summed E-state index contributed by atoms with van der Waals surface area (Å²) >= 11 is 0. The largest absolute Gasteiger partial charge is 0.321 e. The molecule has 3 rings (SSSR count). The third kappa shape index (κ3) is 4.53. The Morgan fingerprint density at radius 3 is 2.35 bits per heavy atom. The minimum Gasteiger partial charge on any atom is -0.321 e. The number of amides is 1. The average molecular weight is 352 g/mol. The minimum absolute atomic E-state index is 0.0950. The first kappa shape index (κ1) is 18.7. The lowest BCUT2D eigenvalue weighted by atomic mass is 9.95. The Bertz CT molecular complexity index is 709. The summed E-state index contributed by atoms with van der Waals surface area (Å²) in [7, 11) is 0. The number of rotatable bonds is 5. The maximum absolute atomic E-state index is 13.2. The van der Waals surface area contributed by atoms with Crippen molar-refractivity contribution in [1.82, 2.24) is 0 Å². The molecule has 0 saturated carbocycles. The molecule has 2 N–H and O–H groups in total. The van der Waals surface area contributed by atoms with Gasteiger partial charge in [0.2, 0.25) is 0 Å². The molecule has 3 nitrogen and oxygen atoms in total. The summed E-state index contributed by atoms with van der Waals surface area (Å²) in [4.78, 5) is 14.6. The van der Waals surface area contributed by atoms with E-state index in [9.17, 15) is 4.79 Å². The van der Waals surface area contributed by atoms with Crippen molar-refractivity contribution in [2.75, 3.05) is 18.4 Å². The van der Waals surface area contributed by atoms with Crippen LogP contribution in [-0.2, 0) is 4.79 Å². The Balaban J connectivity index is 1.80. The van der Waals surface area contributed by atoms with Gasteiger partial charge >= 0.3 is 0 Å². The van der Waals surface area contributed by atoms with Gasteiger partial charge in [-0.3, -0.25) is 4.79 Å². The number of likely N-dealkylation sites (tertiary alicyclic amines) is 1. The zero-order valence-electron chi connectivity index (χ0n) is 16.2. The second-order valence-electron chi connectivity index (χ2n) is 7.97. The van der Waals surface area contributed by atoms with E-state index in [1.165, 1.54) is 23.3 Å². The fraction of sp³-hybridized carbons (Fsp3) is 0.435. The van der Waals surface area contributed by atoms with Crippen LogP contribution >= 0.6 is 0 Å². The third-order valence-corrected chi connectivity index (χ3v) is 5.45. The summed E-state index contributed by atoms with van der Waals surface area (Å²) < 4.78 is 0. The van der Waals surface area contributed by atoms with E-state index in [0.29, 0.717) is 11.8 Å². The van der Waals surface area contributed by atoms with Crippen molar-refractivity contribution in [3.8, 4) is 0 Å². The van der Waals surface area contributed by atoms with Crippen LogP contribution < -0.4 is 10.2 Å². The SMILES string of the molecule is CC1CCC[NH+](C(C(=O)Nc2ccc(C(C)C)cc2)c2ccccc2)C1. The fourth-order valence-electron chi connectivity index (χ4n) is 3.98. The molecule has 138 valence electrons. The summed E-state index contributed by atoms with van der Waals surface area (Å²) in [5, 5.41) is 3.16. The van der Waals surface area contributed by atoms with Crippen molar-refractivity contribution in [2.24, 2.45) is 5.92 Å². The highest BCUT2D eigenvalue weighted by Gasteiger charge is 2.34. The zero-order chi connectivity index (χ0) is 18.5. The van der Waals surface area contributed by atoms with Gasteiger partial charge in [0, 0.05) is 17.2 Å². The second-order valence-corrected chi connectivity index (χ2v) is 7.97. The van der Waals surface area contributed by atoms with Crippen LogP contribution in [0.25, 0.3) is 0 Å². The quantitative estimate of drug-likeness (QED) is 0.844. The molecule has 0 spiro atoms. The van der Waals surface area contributed by atoms with Crippen LogP contribution in [0, 0.1) is 5.92 Å². The number of piperidine rings is 1. The average Bonchev–Trinajstić information content (AvgIpc) is 2.63. The first-order valence-electron chi connectivity index (χ1n) is 9.85. The molecule has 1 saturated heterocycles. The first-order valence-corrected chi connectivity index (χ1v) is 9.85. The van der Waals surface area contributed by atoms with Gasteiger partial charge in [-0.15, -0.1) is 0 Å². The van der Waals surface area contributed by atoms with Crippen LogP contribution in [0.4, 0.5) is 5.69 Å². The van der Waals surface area contributed by atoms with Gasteiger partial charge in [0.25, 0.3) is 5.91 Å². The Hall–Kier alpha value is -2.13. The molecule has 2 aromatic carbocycles. The van der Waals surface area contributed by atoms with Gasteiger partial charge in [0.05, 0.1) is 13.1 Å². The molecule has 26 heavy (non-hydrogen) atoms. The van der Waals surface area contributed by atoms with E-state index in [1.54, 1.807) is 0 Å². The molecule has 3 unspecified atom stereocenters. The predicted molar refractivity (Wildman–Crippen MR) is 107 cm³/mol. The van der Waals surface area contributed by atoms with Gasteiger partial charge in [-0.2, -0.15) is 0 Å². The number of nitrogens with one attached hydrogen (secondary N) is 2. The predicted octanol–water partition coefficient (Wildman–Crippen LogP) is 3.80. The van der Waals surface area contributed by atoms with Crippen molar-refractivity contribution in [1.29, 1.82) is 0 Å². The van der Waals surface area contributed by atoms with E-state index in [2.05, 4.69) is 50.4 Å². The van der Waals surface area contributed by atoms with Crippen LogP contribution in [-0.4, -0.2) is 19.0 Å². The lowest BCUT2D eigenvalue weighted by Crippen LogP contribution is -3.14. The summed E-state index contributed by atoms with van der Waals surface area (Å²) in [6.45, 7) is 8.77. The minimum atomic E-state index is -0.149. The molecular formula is C23H31N2O+. The van der Waals surface area contributed by atoms with Gasteiger partial charge in [0.1, 0.15) is 0 Å². The number of carbonyl (C=O) groups is 1. The summed E-state index contributed by atoms with van der Waals surface area (Å²) in [6, 6.07) is 18.3. The molecule has 1 aliphatic heterocycles. The highest BCUT2D eigenvalue weighted by Crippen LogP contribution is 2.19. The van der Waals surface area contributed by atoms with E-state index in [0.717, 1.165) is 24.3 Å². The van der Waals surface area contributed by atoms with E-state index < -0.39 is 0 Å². The Morgan fingerprint density at radius 1 is 1.04 bits per heavy atom. The number of carbonyl (C=O) groups excluding carboxylic acids is 1. The molecule has 0 aliphatic carbocycles. The Labute approximate surface area is 157 Å². The normalized spacial score (nSPS) is 21.4. The van der Waals surface area contributed by atoms with Crippen molar-refractivity contribution >= 4 is 11.6 Å². The topological polar surface area (TPSA) is 33.5 Å². The van der Waals surface area contributed by atoms with Crippen molar-refractivity contribution in [3.63, 3.8) is 0 Å². The van der Waals surface area contributed by atoms with Gasteiger partial charge in [-0.1, -0.05) is 63.2 Å². The number of hydrogen-bond donors (Lipinski definition) is 2. The summed E-state index contributed by atoms with van der Waals surface area (Å²) in [6.07, 6.45) is 2.46. The monoisotopic (exact) mass is 351 g/mol. The highest BCUT2D eigenvalue weighted by atomic mass is 16.2.